The Morgan fingerprint density at radius 3 is 0.885 bits per heavy atom. The molecule has 0 N–H and O–H groups in total. The van der Waals surface area contributed by atoms with E-state index in [-0.39, 0.29) is 35.8 Å². The molecule has 426 valence electrons. The molecule has 0 aliphatic heterocycles. The minimum atomic E-state index is -0.598. The molecule has 0 aliphatic rings. The number of unbranched alkanes of at least 4 members (excludes halogenated alkanes) is 27. The third-order valence-electron chi connectivity index (χ3n) is 13.7. The Kier molecular flexibility index (Phi) is 33.6. The maximum atomic E-state index is 12.9. The second kappa shape index (κ2) is 40.8. The molecular weight excluding hydrogens is 985 g/mol. The number of rotatable bonds is 43. The van der Waals surface area contributed by atoms with Crippen molar-refractivity contribution in [1.82, 2.24) is 0 Å². The smallest absolute Gasteiger partial charge is 0.343 e. The van der Waals surface area contributed by atoms with Crippen LogP contribution in [0.3, 0.4) is 0 Å². The summed E-state index contributed by atoms with van der Waals surface area (Å²) in [6, 6.07) is 24.1. The van der Waals surface area contributed by atoms with E-state index in [0.29, 0.717) is 48.7 Å². The van der Waals surface area contributed by atoms with Gasteiger partial charge in [0.1, 0.15) is 23.0 Å². The standard InChI is InChI=1S/C66H90O12/c1-3-5-7-9-11-13-15-17-19-23-27-31-51-73-55-39-35-53(36-40-55)65(71)75-57-43-47-59(67)61(49-45-57)77-63(69)33-29-25-21-22-26-30-34-64(70)78-62-50-46-58(44-48-60(62)68)76-66(72)54-37-41-56(42-38-54)74-52-32-28-24-20-18-16-14-12-10-8-6-4-2/h35-50H,3-34,51-52H2,1-2H3. The average molecular weight is 1080 g/mol. The van der Waals surface area contributed by atoms with Crippen LogP contribution in [0.15, 0.2) is 107 Å². The Hall–Kier alpha value is -6.30. The fourth-order valence-corrected chi connectivity index (χ4v) is 8.94. The zero-order valence-corrected chi connectivity index (χ0v) is 47.2. The average Bonchev–Trinajstić information content (AvgIpc) is 3.72. The summed E-state index contributed by atoms with van der Waals surface area (Å²) in [5.41, 5.74) is -0.401. The molecule has 0 amide bonds. The van der Waals surface area contributed by atoms with Gasteiger partial charge < -0.3 is 28.4 Å². The number of hydrogen-bond donors (Lipinski definition) is 0. The molecule has 0 saturated carbocycles. The summed E-state index contributed by atoms with van der Waals surface area (Å²) < 4.78 is 33.5. The highest BCUT2D eigenvalue weighted by Crippen LogP contribution is 2.21. The minimum absolute atomic E-state index is 0.111. The van der Waals surface area contributed by atoms with Gasteiger partial charge in [-0.3, -0.25) is 19.2 Å². The molecule has 0 aromatic heterocycles. The first kappa shape index (κ1) is 64.2. The summed E-state index contributed by atoms with van der Waals surface area (Å²) >= 11 is 0. The molecule has 4 aromatic carbocycles. The van der Waals surface area contributed by atoms with E-state index in [9.17, 15) is 28.8 Å². The molecule has 0 spiro atoms. The van der Waals surface area contributed by atoms with Crippen LogP contribution in [0.25, 0.3) is 0 Å². The van der Waals surface area contributed by atoms with E-state index < -0.39 is 34.7 Å². The second-order valence-electron chi connectivity index (χ2n) is 20.5. The second-order valence-corrected chi connectivity index (χ2v) is 20.5. The molecule has 4 aromatic rings. The Morgan fingerprint density at radius 2 is 0.564 bits per heavy atom. The van der Waals surface area contributed by atoms with Crippen molar-refractivity contribution < 1.29 is 47.6 Å². The molecule has 4 rings (SSSR count). The molecule has 0 bridgehead atoms. The largest absolute Gasteiger partial charge is 0.494 e. The van der Waals surface area contributed by atoms with Crippen molar-refractivity contribution in [2.24, 2.45) is 0 Å². The molecule has 0 atom stereocenters. The number of ether oxygens (including phenoxy) is 6. The first-order chi connectivity index (χ1) is 38.1. The van der Waals surface area contributed by atoms with Gasteiger partial charge in [0.25, 0.3) is 0 Å². The third-order valence-corrected chi connectivity index (χ3v) is 13.7. The fourth-order valence-electron chi connectivity index (χ4n) is 8.94. The van der Waals surface area contributed by atoms with Crippen LogP contribution < -0.4 is 39.3 Å². The van der Waals surface area contributed by atoms with Crippen LogP contribution in [0.2, 0.25) is 0 Å². The van der Waals surface area contributed by atoms with Crippen molar-refractivity contribution in [3.8, 4) is 34.5 Å². The van der Waals surface area contributed by atoms with E-state index in [4.69, 9.17) is 28.4 Å². The highest BCUT2D eigenvalue weighted by atomic mass is 16.6. The molecule has 0 unspecified atom stereocenters. The summed E-state index contributed by atoms with van der Waals surface area (Å²) in [5, 5.41) is 0. The minimum Gasteiger partial charge on any atom is -0.494 e. The van der Waals surface area contributed by atoms with Crippen molar-refractivity contribution in [1.29, 1.82) is 0 Å². The van der Waals surface area contributed by atoms with Crippen LogP contribution in [0.1, 0.15) is 240 Å². The van der Waals surface area contributed by atoms with Gasteiger partial charge in [-0.05, 0) is 123 Å². The molecule has 0 radical (unpaired) electrons. The summed E-state index contributed by atoms with van der Waals surface area (Å²) in [5.74, 6) is -1.00. The van der Waals surface area contributed by atoms with Crippen molar-refractivity contribution in [2.75, 3.05) is 13.2 Å². The van der Waals surface area contributed by atoms with Gasteiger partial charge in [0.15, 0.2) is 11.5 Å². The highest BCUT2D eigenvalue weighted by Gasteiger charge is 2.14. The maximum absolute atomic E-state index is 12.9. The lowest BCUT2D eigenvalue weighted by Crippen LogP contribution is -2.12. The summed E-state index contributed by atoms with van der Waals surface area (Å²) in [4.78, 5) is 76.3. The number of carbonyl (C=O) groups is 4. The molecular formula is C66H90O12. The monoisotopic (exact) mass is 1070 g/mol. The van der Waals surface area contributed by atoms with Crippen LogP contribution in [0, 0.1) is 0 Å². The van der Waals surface area contributed by atoms with E-state index >= 15 is 0 Å². The molecule has 78 heavy (non-hydrogen) atoms. The van der Waals surface area contributed by atoms with Crippen LogP contribution >= 0.6 is 0 Å². The van der Waals surface area contributed by atoms with Crippen molar-refractivity contribution >= 4 is 23.9 Å². The summed E-state index contributed by atoms with van der Waals surface area (Å²) in [6.45, 7) is 5.75. The summed E-state index contributed by atoms with van der Waals surface area (Å²) in [7, 11) is 0. The maximum Gasteiger partial charge on any atom is 0.343 e. The Labute approximate surface area is 465 Å². The Bertz CT molecular complexity index is 2260. The number of hydrogen-bond acceptors (Lipinski definition) is 12. The molecule has 0 fully saturated rings. The van der Waals surface area contributed by atoms with Crippen LogP contribution in [0.5, 0.6) is 34.5 Å². The number of carbonyl (C=O) groups excluding carboxylic acids is 4. The lowest BCUT2D eigenvalue weighted by molar-refractivity contribution is -0.135. The van der Waals surface area contributed by atoms with Crippen LogP contribution in [-0.2, 0) is 9.59 Å². The Morgan fingerprint density at radius 1 is 0.295 bits per heavy atom. The molecule has 12 heteroatoms. The quantitative estimate of drug-likeness (QED) is 0.0306. The van der Waals surface area contributed by atoms with E-state index in [1.54, 1.807) is 48.5 Å². The third kappa shape index (κ3) is 28.9. The Balaban J connectivity index is 1.02. The zero-order valence-electron chi connectivity index (χ0n) is 47.2. The van der Waals surface area contributed by atoms with Gasteiger partial charge in [0, 0.05) is 12.8 Å². The van der Waals surface area contributed by atoms with Gasteiger partial charge in [0.2, 0.25) is 10.9 Å². The number of esters is 4. The zero-order chi connectivity index (χ0) is 55.7. The predicted octanol–water partition coefficient (Wildman–Crippen LogP) is 16.6. The highest BCUT2D eigenvalue weighted by molar-refractivity contribution is 5.91. The van der Waals surface area contributed by atoms with Gasteiger partial charge in [-0.25, -0.2) is 9.59 Å². The van der Waals surface area contributed by atoms with Crippen LogP contribution in [-0.4, -0.2) is 37.1 Å². The van der Waals surface area contributed by atoms with E-state index in [2.05, 4.69) is 13.8 Å². The molecule has 12 nitrogen and oxygen atoms in total. The first-order valence-electron chi connectivity index (χ1n) is 29.8. The van der Waals surface area contributed by atoms with Crippen molar-refractivity contribution in [2.45, 2.75) is 219 Å². The predicted molar refractivity (Wildman–Crippen MR) is 310 cm³/mol. The van der Waals surface area contributed by atoms with Gasteiger partial charge in [-0.1, -0.05) is 181 Å². The van der Waals surface area contributed by atoms with Gasteiger partial charge in [-0.15, -0.1) is 0 Å². The number of benzene rings is 2. The van der Waals surface area contributed by atoms with E-state index in [1.165, 1.54) is 177 Å². The SMILES string of the molecule is CCCCCCCCCCCCCCOc1ccc(C(=O)Oc2ccc(OC(=O)CCCCCCCCC(=O)Oc3ccc(OC(=O)c4ccc(OCCCCCCCCCCCCCC)cc4)ccc3=O)c(=O)cc2)cc1. The van der Waals surface area contributed by atoms with E-state index in [0.717, 1.165) is 51.4 Å². The molecule has 0 aliphatic carbocycles. The summed E-state index contributed by atoms with van der Waals surface area (Å²) in [6.07, 6.45) is 35.2. The lowest BCUT2D eigenvalue weighted by Gasteiger charge is -2.07. The van der Waals surface area contributed by atoms with Gasteiger partial charge >= 0.3 is 23.9 Å². The first-order valence-corrected chi connectivity index (χ1v) is 29.8. The van der Waals surface area contributed by atoms with Gasteiger partial charge in [0.05, 0.1) is 24.3 Å². The molecule has 0 heterocycles. The normalized spacial score (nSPS) is 10.9. The fraction of sp³-hybridized carbons (Fsp3) is 0.545. The topological polar surface area (TPSA) is 158 Å². The van der Waals surface area contributed by atoms with Gasteiger partial charge in [-0.2, -0.15) is 0 Å². The van der Waals surface area contributed by atoms with Crippen molar-refractivity contribution in [3.05, 3.63) is 129 Å². The van der Waals surface area contributed by atoms with Crippen LogP contribution in [0.4, 0.5) is 0 Å². The van der Waals surface area contributed by atoms with Crippen molar-refractivity contribution in [3.63, 3.8) is 0 Å². The lowest BCUT2D eigenvalue weighted by atomic mass is 10.1. The van der Waals surface area contributed by atoms with E-state index in [1.807, 2.05) is 0 Å². The molecule has 0 saturated heterocycles.